The number of hydrogen-bond donors (Lipinski definition) is 0. The molecular formula is C21H20ClN3O3S. The summed E-state index contributed by atoms with van der Waals surface area (Å²) < 4.78 is 27.8. The van der Waals surface area contributed by atoms with E-state index in [1.54, 1.807) is 42.5 Å². The Morgan fingerprint density at radius 2 is 1.83 bits per heavy atom. The molecule has 1 aliphatic heterocycles. The number of ketones is 1. The fourth-order valence-electron chi connectivity index (χ4n) is 4.21. The Kier molecular flexibility index (Phi) is 4.05. The van der Waals surface area contributed by atoms with Crippen LogP contribution in [0, 0.1) is 6.92 Å². The Labute approximate surface area is 174 Å². The van der Waals surface area contributed by atoms with Crippen LogP contribution >= 0.6 is 11.6 Å². The highest BCUT2D eigenvalue weighted by Gasteiger charge is 2.52. The topological polar surface area (TPSA) is 72.3 Å². The molecule has 0 atom stereocenters. The van der Waals surface area contributed by atoms with Crippen LogP contribution < -0.4 is 4.90 Å². The lowest BCUT2D eigenvalue weighted by Gasteiger charge is -2.36. The fraction of sp³-hybridized carbons (Fsp3) is 0.333. The SMILES string of the molecule is Cc1ccc(S(=O)(=O)n2nc(N3CCC(=O)CC34CC4)c3c(Cl)cccc32)cc1. The van der Waals surface area contributed by atoms with Crippen LogP contribution in [0.5, 0.6) is 0 Å². The van der Waals surface area contributed by atoms with E-state index in [0.29, 0.717) is 41.1 Å². The third-order valence-corrected chi connectivity index (χ3v) is 7.87. The molecule has 0 bridgehead atoms. The minimum absolute atomic E-state index is 0.175. The second-order valence-corrected chi connectivity index (χ2v) is 10.1. The Morgan fingerprint density at radius 3 is 2.52 bits per heavy atom. The van der Waals surface area contributed by atoms with Gasteiger partial charge in [-0.2, -0.15) is 12.5 Å². The number of benzene rings is 2. The van der Waals surface area contributed by atoms with Gasteiger partial charge in [0.25, 0.3) is 10.0 Å². The van der Waals surface area contributed by atoms with Gasteiger partial charge in [-0.1, -0.05) is 35.4 Å². The van der Waals surface area contributed by atoms with Crippen molar-refractivity contribution in [2.75, 3.05) is 11.4 Å². The normalized spacial score (nSPS) is 18.6. The minimum Gasteiger partial charge on any atom is -0.348 e. The van der Waals surface area contributed by atoms with E-state index in [4.69, 9.17) is 11.6 Å². The minimum atomic E-state index is -3.89. The first-order valence-corrected chi connectivity index (χ1v) is 11.4. The number of nitrogens with zero attached hydrogens (tertiary/aromatic N) is 3. The Hall–Kier alpha value is -2.38. The van der Waals surface area contributed by atoms with E-state index in [0.717, 1.165) is 22.5 Å². The van der Waals surface area contributed by atoms with Crippen LogP contribution in [0.25, 0.3) is 10.9 Å². The molecule has 2 fully saturated rings. The standard InChI is InChI=1S/C21H20ClN3O3S/c1-14-5-7-16(8-6-14)29(27,28)25-18-4-2-3-17(22)19(18)20(23-25)24-12-9-15(26)13-21(24)10-11-21/h2-8H,9-13H2,1H3. The van der Waals surface area contributed by atoms with Gasteiger partial charge in [0.05, 0.1) is 20.8 Å². The van der Waals surface area contributed by atoms with Crippen LogP contribution in [-0.2, 0) is 14.8 Å². The van der Waals surface area contributed by atoms with Gasteiger partial charge in [0.2, 0.25) is 0 Å². The molecule has 3 aromatic rings. The lowest BCUT2D eigenvalue weighted by Crippen LogP contribution is -2.45. The van der Waals surface area contributed by atoms with Crippen LogP contribution in [0.3, 0.4) is 0 Å². The molecule has 0 unspecified atom stereocenters. The molecule has 1 aliphatic carbocycles. The van der Waals surface area contributed by atoms with Crippen molar-refractivity contribution < 1.29 is 13.2 Å². The van der Waals surface area contributed by atoms with E-state index >= 15 is 0 Å². The smallest absolute Gasteiger partial charge is 0.283 e. The van der Waals surface area contributed by atoms with Gasteiger partial charge in [-0.15, -0.1) is 5.10 Å². The van der Waals surface area contributed by atoms with E-state index in [2.05, 4.69) is 10.00 Å². The van der Waals surface area contributed by atoms with Crippen molar-refractivity contribution in [2.24, 2.45) is 0 Å². The monoisotopic (exact) mass is 429 g/mol. The average Bonchev–Trinajstić information content (AvgIpc) is 3.31. The lowest BCUT2D eigenvalue weighted by atomic mass is 9.98. The average molecular weight is 430 g/mol. The third kappa shape index (κ3) is 2.87. The molecule has 6 nitrogen and oxygen atoms in total. The molecule has 8 heteroatoms. The molecule has 2 heterocycles. The molecule has 150 valence electrons. The maximum atomic E-state index is 13.4. The zero-order valence-electron chi connectivity index (χ0n) is 15.9. The second-order valence-electron chi connectivity index (χ2n) is 7.96. The number of fused-ring (bicyclic) bond motifs is 1. The summed E-state index contributed by atoms with van der Waals surface area (Å²) in [5.41, 5.74) is 1.18. The van der Waals surface area contributed by atoms with Crippen molar-refractivity contribution in [1.29, 1.82) is 0 Å². The first-order valence-electron chi connectivity index (χ1n) is 9.61. The van der Waals surface area contributed by atoms with Crippen molar-refractivity contribution in [3.8, 4) is 0 Å². The van der Waals surface area contributed by atoms with Crippen LogP contribution in [0.15, 0.2) is 47.4 Å². The summed E-state index contributed by atoms with van der Waals surface area (Å²) in [4.78, 5) is 14.3. The fourth-order valence-corrected chi connectivity index (χ4v) is 5.74. The molecule has 0 amide bonds. The van der Waals surface area contributed by atoms with E-state index in [-0.39, 0.29) is 16.2 Å². The predicted octanol–water partition coefficient (Wildman–Crippen LogP) is 3.94. The van der Waals surface area contributed by atoms with Gasteiger partial charge >= 0.3 is 0 Å². The van der Waals surface area contributed by atoms with Crippen LogP contribution in [0.1, 0.15) is 31.2 Å². The molecule has 5 rings (SSSR count). The summed E-state index contributed by atoms with van der Waals surface area (Å²) in [5.74, 6) is 0.798. The number of halogens is 1. The molecule has 2 aliphatic rings. The van der Waals surface area contributed by atoms with Gasteiger partial charge in [-0.3, -0.25) is 4.79 Å². The summed E-state index contributed by atoms with van der Waals surface area (Å²) in [5, 5.41) is 5.63. The van der Waals surface area contributed by atoms with Gasteiger partial charge in [0.15, 0.2) is 5.82 Å². The maximum absolute atomic E-state index is 13.4. The highest BCUT2D eigenvalue weighted by atomic mass is 35.5. The molecule has 1 saturated heterocycles. The number of hydrogen-bond acceptors (Lipinski definition) is 5. The molecule has 1 aromatic heterocycles. The first-order chi connectivity index (χ1) is 13.8. The molecule has 1 saturated carbocycles. The number of anilines is 1. The quantitative estimate of drug-likeness (QED) is 0.630. The third-order valence-electron chi connectivity index (χ3n) is 5.95. The zero-order chi connectivity index (χ0) is 20.4. The van der Waals surface area contributed by atoms with Crippen molar-refractivity contribution in [2.45, 2.75) is 43.0 Å². The first kappa shape index (κ1) is 18.6. The van der Waals surface area contributed by atoms with Gasteiger partial charge < -0.3 is 4.90 Å². The number of piperidine rings is 1. The van der Waals surface area contributed by atoms with E-state index in [9.17, 15) is 13.2 Å². The Morgan fingerprint density at radius 1 is 1.10 bits per heavy atom. The summed E-state index contributed by atoms with van der Waals surface area (Å²) in [6.45, 7) is 2.44. The Bertz CT molecular complexity index is 1240. The number of aryl methyl sites for hydroxylation is 1. The van der Waals surface area contributed by atoms with Crippen LogP contribution in [-0.4, -0.2) is 35.5 Å². The molecule has 2 aromatic carbocycles. The number of rotatable bonds is 3. The lowest BCUT2D eigenvalue weighted by molar-refractivity contribution is -0.120. The zero-order valence-corrected chi connectivity index (χ0v) is 17.5. The van der Waals surface area contributed by atoms with Crippen molar-refractivity contribution in [3.63, 3.8) is 0 Å². The molecule has 1 spiro atoms. The van der Waals surface area contributed by atoms with E-state index in [1.165, 1.54) is 0 Å². The maximum Gasteiger partial charge on any atom is 0.283 e. The van der Waals surface area contributed by atoms with Crippen LogP contribution in [0.4, 0.5) is 5.82 Å². The summed E-state index contributed by atoms with van der Waals surface area (Å²) in [6.07, 6.45) is 2.73. The van der Waals surface area contributed by atoms with Crippen LogP contribution in [0.2, 0.25) is 5.02 Å². The molecular weight excluding hydrogens is 410 g/mol. The van der Waals surface area contributed by atoms with Crippen molar-refractivity contribution in [1.82, 2.24) is 9.19 Å². The molecule has 29 heavy (non-hydrogen) atoms. The summed E-state index contributed by atoms with van der Waals surface area (Å²) in [6, 6.07) is 11.9. The highest BCUT2D eigenvalue weighted by Crippen LogP contribution is 2.51. The number of Topliss-reactive ketones (excluding diaryl/α,β-unsaturated/α-hetero) is 1. The van der Waals surface area contributed by atoms with Gasteiger partial charge in [-0.05, 0) is 44.0 Å². The second kappa shape index (κ2) is 6.31. The summed E-state index contributed by atoms with van der Waals surface area (Å²) >= 11 is 6.51. The number of carbonyl (C=O) groups is 1. The van der Waals surface area contributed by atoms with Crippen molar-refractivity contribution >= 4 is 44.1 Å². The number of carbonyl (C=O) groups excluding carboxylic acids is 1. The van der Waals surface area contributed by atoms with Crippen molar-refractivity contribution in [3.05, 3.63) is 53.1 Å². The van der Waals surface area contributed by atoms with Gasteiger partial charge in [0.1, 0.15) is 5.78 Å². The Balaban J connectivity index is 1.72. The largest absolute Gasteiger partial charge is 0.348 e. The number of aromatic nitrogens is 2. The van der Waals surface area contributed by atoms with Gasteiger partial charge in [0, 0.05) is 24.9 Å². The predicted molar refractivity (Wildman–Crippen MR) is 112 cm³/mol. The van der Waals surface area contributed by atoms with E-state index in [1.807, 2.05) is 6.92 Å². The van der Waals surface area contributed by atoms with Gasteiger partial charge in [-0.25, -0.2) is 0 Å². The molecule has 0 radical (unpaired) electrons. The summed E-state index contributed by atoms with van der Waals surface area (Å²) in [7, 11) is -3.89. The molecule has 0 N–H and O–H groups in total. The van der Waals surface area contributed by atoms with E-state index < -0.39 is 10.0 Å². The highest BCUT2D eigenvalue weighted by molar-refractivity contribution is 7.90.